The Balaban J connectivity index is 2.97. The zero-order valence-corrected chi connectivity index (χ0v) is 10.5. The van der Waals surface area contributed by atoms with E-state index >= 15 is 0 Å². The summed E-state index contributed by atoms with van der Waals surface area (Å²) in [5, 5.41) is 0.593. The number of halogens is 3. The molecule has 98 valence electrons. The van der Waals surface area contributed by atoms with E-state index in [1.165, 1.54) is 11.6 Å². The van der Waals surface area contributed by atoms with Crippen LogP contribution in [0.2, 0.25) is 0 Å². The molecule has 2 aromatic rings. The molecule has 0 aliphatic carbocycles. The van der Waals surface area contributed by atoms with Crippen molar-refractivity contribution in [2.45, 2.75) is 26.6 Å². The molecule has 0 fully saturated rings. The molecule has 0 saturated heterocycles. The standard InChI is InChI=1S/C13H15F3N2/c1-7-4-5-9-10(6-17)12(13(14,15)16)18(3)11(9)8(7)2/h4-5H,6,17H2,1-3H3. The highest BCUT2D eigenvalue weighted by molar-refractivity contribution is 5.89. The first kappa shape index (κ1) is 13.0. The highest BCUT2D eigenvalue weighted by Gasteiger charge is 2.38. The molecule has 0 spiro atoms. The molecule has 2 nitrogen and oxygen atoms in total. The van der Waals surface area contributed by atoms with Crippen LogP contribution in [0, 0.1) is 13.8 Å². The van der Waals surface area contributed by atoms with Crippen LogP contribution in [-0.4, -0.2) is 4.57 Å². The molecular formula is C13H15F3N2. The number of hydrogen-bond acceptors (Lipinski definition) is 1. The SMILES string of the molecule is Cc1ccc2c(CN)c(C(F)(F)F)n(C)c2c1C. The predicted octanol–water partition coefficient (Wildman–Crippen LogP) is 3.27. The number of benzene rings is 1. The largest absolute Gasteiger partial charge is 0.431 e. The van der Waals surface area contributed by atoms with Gasteiger partial charge in [-0.05, 0) is 25.0 Å². The maximum Gasteiger partial charge on any atom is 0.431 e. The van der Waals surface area contributed by atoms with E-state index in [1.54, 1.807) is 6.07 Å². The molecule has 1 aromatic heterocycles. The molecule has 1 aromatic carbocycles. The molecule has 0 amide bonds. The molecule has 0 atom stereocenters. The fraction of sp³-hybridized carbons (Fsp3) is 0.385. The molecule has 0 bridgehead atoms. The third-order valence-electron chi connectivity index (χ3n) is 3.46. The summed E-state index contributed by atoms with van der Waals surface area (Å²) in [5.41, 5.74) is 7.47. The van der Waals surface area contributed by atoms with Crippen LogP contribution in [-0.2, 0) is 19.8 Å². The summed E-state index contributed by atoms with van der Waals surface area (Å²) in [6.45, 7) is 3.60. The molecule has 0 aliphatic rings. The van der Waals surface area contributed by atoms with Crippen molar-refractivity contribution >= 4 is 10.9 Å². The second-order valence-electron chi connectivity index (χ2n) is 4.49. The fourth-order valence-corrected chi connectivity index (χ4v) is 2.49. The van der Waals surface area contributed by atoms with E-state index in [9.17, 15) is 13.2 Å². The average molecular weight is 256 g/mol. The Morgan fingerprint density at radius 2 is 1.83 bits per heavy atom. The van der Waals surface area contributed by atoms with E-state index in [1.807, 2.05) is 19.9 Å². The third kappa shape index (κ3) is 1.70. The van der Waals surface area contributed by atoms with Gasteiger partial charge in [0.05, 0.1) is 5.52 Å². The van der Waals surface area contributed by atoms with Crippen molar-refractivity contribution in [3.63, 3.8) is 0 Å². The van der Waals surface area contributed by atoms with Crippen molar-refractivity contribution in [3.8, 4) is 0 Å². The minimum absolute atomic E-state index is 0.116. The smallest absolute Gasteiger partial charge is 0.340 e. The summed E-state index contributed by atoms with van der Waals surface area (Å²) < 4.78 is 40.5. The number of aromatic nitrogens is 1. The van der Waals surface area contributed by atoms with Crippen LogP contribution in [0.5, 0.6) is 0 Å². The molecule has 1 heterocycles. The summed E-state index contributed by atoms with van der Waals surface area (Å²) in [4.78, 5) is 0. The molecule has 5 heteroatoms. The van der Waals surface area contributed by atoms with Gasteiger partial charge in [-0.15, -0.1) is 0 Å². The van der Waals surface area contributed by atoms with Crippen LogP contribution in [0.15, 0.2) is 12.1 Å². The van der Waals surface area contributed by atoms with Crippen LogP contribution in [0.3, 0.4) is 0 Å². The summed E-state index contributed by atoms with van der Waals surface area (Å²) >= 11 is 0. The second kappa shape index (κ2) is 4.02. The Hall–Kier alpha value is -1.49. The fourth-order valence-electron chi connectivity index (χ4n) is 2.49. The molecule has 0 unspecified atom stereocenters. The Morgan fingerprint density at radius 3 is 2.33 bits per heavy atom. The van der Waals surface area contributed by atoms with Gasteiger partial charge in [-0.2, -0.15) is 13.2 Å². The summed E-state index contributed by atoms with van der Waals surface area (Å²) in [6, 6.07) is 3.55. The number of rotatable bonds is 1. The van der Waals surface area contributed by atoms with Gasteiger partial charge in [-0.25, -0.2) is 0 Å². The zero-order chi connectivity index (χ0) is 13.7. The first-order valence-corrected chi connectivity index (χ1v) is 5.63. The number of aryl methyl sites for hydroxylation is 3. The number of alkyl halides is 3. The van der Waals surface area contributed by atoms with Crippen LogP contribution in [0.25, 0.3) is 10.9 Å². The van der Waals surface area contributed by atoms with Crippen LogP contribution in [0.1, 0.15) is 22.4 Å². The van der Waals surface area contributed by atoms with Crippen LogP contribution in [0.4, 0.5) is 13.2 Å². The van der Waals surface area contributed by atoms with E-state index in [0.717, 1.165) is 11.1 Å². The van der Waals surface area contributed by atoms with Crippen molar-refractivity contribution in [2.24, 2.45) is 12.8 Å². The lowest BCUT2D eigenvalue weighted by Gasteiger charge is -2.11. The quantitative estimate of drug-likeness (QED) is 0.834. The van der Waals surface area contributed by atoms with E-state index in [-0.39, 0.29) is 12.1 Å². The van der Waals surface area contributed by atoms with Gasteiger partial charge in [0, 0.05) is 24.5 Å². The zero-order valence-electron chi connectivity index (χ0n) is 10.5. The topological polar surface area (TPSA) is 30.9 Å². The lowest BCUT2D eigenvalue weighted by molar-refractivity contribution is -0.143. The van der Waals surface area contributed by atoms with Gasteiger partial charge in [-0.1, -0.05) is 12.1 Å². The summed E-state index contributed by atoms with van der Waals surface area (Å²) in [5.74, 6) is 0. The molecule has 2 N–H and O–H groups in total. The van der Waals surface area contributed by atoms with Gasteiger partial charge in [0.2, 0.25) is 0 Å². The van der Waals surface area contributed by atoms with Crippen LogP contribution < -0.4 is 5.73 Å². The van der Waals surface area contributed by atoms with Gasteiger partial charge in [-0.3, -0.25) is 0 Å². The summed E-state index contributed by atoms with van der Waals surface area (Å²) in [6.07, 6.45) is -4.39. The summed E-state index contributed by atoms with van der Waals surface area (Å²) in [7, 11) is 1.44. The Labute approximate surface area is 103 Å². The predicted molar refractivity (Wildman–Crippen MR) is 65.3 cm³/mol. The molecule has 0 radical (unpaired) electrons. The van der Waals surface area contributed by atoms with Crippen molar-refractivity contribution in [3.05, 3.63) is 34.5 Å². The van der Waals surface area contributed by atoms with Crippen molar-refractivity contribution < 1.29 is 13.2 Å². The number of hydrogen-bond donors (Lipinski definition) is 1. The van der Waals surface area contributed by atoms with Gasteiger partial charge >= 0.3 is 6.18 Å². The molecule has 0 saturated carbocycles. The molecule has 0 aliphatic heterocycles. The number of nitrogens with two attached hydrogens (primary N) is 1. The molecule has 2 rings (SSSR count). The Bertz CT molecular complexity index is 609. The normalized spacial score (nSPS) is 12.4. The average Bonchev–Trinajstić information content (AvgIpc) is 2.56. The Kier molecular flexibility index (Phi) is 2.89. The van der Waals surface area contributed by atoms with E-state index in [4.69, 9.17) is 5.73 Å². The first-order valence-electron chi connectivity index (χ1n) is 5.63. The third-order valence-corrected chi connectivity index (χ3v) is 3.46. The van der Waals surface area contributed by atoms with Gasteiger partial charge in [0.25, 0.3) is 0 Å². The molecular weight excluding hydrogens is 241 g/mol. The maximum absolute atomic E-state index is 13.1. The van der Waals surface area contributed by atoms with Crippen molar-refractivity contribution in [2.75, 3.05) is 0 Å². The highest BCUT2D eigenvalue weighted by atomic mass is 19.4. The molecule has 18 heavy (non-hydrogen) atoms. The van der Waals surface area contributed by atoms with E-state index < -0.39 is 11.9 Å². The number of nitrogens with zero attached hydrogens (tertiary/aromatic N) is 1. The first-order chi connectivity index (χ1) is 8.29. The highest BCUT2D eigenvalue weighted by Crippen LogP contribution is 2.38. The van der Waals surface area contributed by atoms with Crippen molar-refractivity contribution in [1.82, 2.24) is 4.57 Å². The lowest BCUT2D eigenvalue weighted by Crippen LogP contribution is -2.15. The maximum atomic E-state index is 13.1. The van der Waals surface area contributed by atoms with E-state index in [0.29, 0.717) is 10.9 Å². The van der Waals surface area contributed by atoms with Gasteiger partial charge in [0.1, 0.15) is 5.69 Å². The van der Waals surface area contributed by atoms with Crippen molar-refractivity contribution in [1.29, 1.82) is 0 Å². The monoisotopic (exact) mass is 256 g/mol. The minimum Gasteiger partial charge on any atom is -0.340 e. The number of fused-ring (bicyclic) bond motifs is 1. The van der Waals surface area contributed by atoms with Gasteiger partial charge < -0.3 is 10.3 Å². The van der Waals surface area contributed by atoms with Gasteiger partial charge in [0.15, 0.2) is 0 Å². The minimum atomic E-state index is -4.39. The second-order valence-corrected chi connectivity index (χ2v) is 4.49. The van der Waals surface area contributed by atoms with E-state index in [2.05, 4.69) is 0 Å². The lowest BCUT2D eigenvalue weighted by atomic mass is 10.0. The Morgan fingerprint density at radius 1 is 1.22 bits per heavy atom. The van der Waals surface area contributed by atoms with Crippen LogP contribution >= 0.6 is 0 Å².